The van der Waals surface area contributed by atoms with Crippen molar-refractivity contribution < 1.29 is 0 Å². The van der Waals surface area contributed by atoms with Gasteiger partial charge in [0.25, 0.3) is 0 Å². The monoisotopic (exact) mass is 262 g/mol. The molecule has 3 heterocycles. The molecule has 0 aliphatic heterocycles. The first-order valence-corrected chi connectivity index (χ1v) is 6.66. The summed E-state index contributed by atoms with van der Waals surface area (Å²) in [6.07, 6.45) is 2.12. The normalized spacial score (nSPS) is 11.4. The van der Waals surface area contributed by atoms with E-state index in [0.717, 1.165) is 23.5 Å². The Morgan fingerprint density at radius 2 is 1.75 bits per heavy atom. The highest BCUT2D eigenvalue weighted by Gasteiger charge is 2.08. The topological polar surface area (TPSA) is 35.1 Å². The van der Waals surface area contributed by atoms with Gasteiger partial charge < -0.3 is 4.57 Å². The van der Waals surface area contributed by atoms with E-state index in [9.17, 15) is 0 Å². The Labute approximate surface area is 116 Å². The number of fused-ring (bicyclic) bond motifs is 3. The van der Waals surface area contributed by atoms with Crippen LogP contribution in [-0.4, -0.2) is 19.2 Å². The van der Waals surface area contributed by atoms with Crippen LogP contribution < -0.4 is 0 Å². The first-order chi connectivity index (χ1) is 9.83. The van der Waals surface area contributed by atoms with Gasteiger partial charge in [0.2, 0.25) is 0 Å². The van der Waals surface area contributed by atoms with E-state index in [4.69, 9.17) is 0 Å². The summed E-state index contributed by atoms with van der Waals surface area (Å²) in [5, 5.41) is 8.31. The zero-order valence-corrected chi connectivity index (χ0v) is 11.2. The highest BCUT2D eigenvalue weighted by atomic mass is 15.2. The number of nitrogens with zero attached hydrogens (tertiary/aromatic N) is 4. The first kappa shape index (κ1) is 11.2. The molecule has 1 aromatic carbocycles. The van der Waals surface area contributed by atoms with Crippen molar-refractivity contribution >= 4 is 16.7 Å². The Bertz CT molecular complexity index is 887. The third-order valence-electron chi connectivity index (χ3n) is 3.66. The third-order valence-corrected chi connectivity index (χ3v) is 3.66. The predicted molar refractivity (Wildman–Crippen MR) is 78.8 cm³/mol. The number of benzene rings is 1. The van der Waals surface area contributed by atoms with Crippen LogP contribution >= 0.6 is 0 Å². The Morgan fingerprint density at radius 1 is 0.900 bits per heavy atom. The lowest BCUT2D eigenvalue weighted by Gasteiger charge is -2.06. The number of aromatic nitrogens is 4. The van der Waals surface area contributed by atoms with Gasteiger partial charge in [-0.05, 0) is 30.7 Å². The standard InChI is InChI=1S/C16H14N4/c1-12-17-18-16-8-7-14-15(20(12)16)9-10-19(14)11-13-5-3-2-4-6-13/h2-10H,11H2,1H3. The van der Waals surface area contributed by atoms with Crippen molar-refractivity contribution in [3.05, 3.63) is 66.1 Å². The van der Waals surface area contributed by atoms with Gasteiger partial charge in [-0.2, -0.15) is 0 Å². The van der Waals surface area contributed by atoms with Gasteiger partial charge in [0.15, 0.2) is 5.65 Å². The summed E-state index contributed by atoms with van der Waals surface area (Å²) in [5.74, 6) is 0.920. The molecule has 0 spiro atoms. The summed E-state index contributed by atoms with van der Waals surface area (Å²) >= 11 is 0. The highest BCUT2D eigenvalue weighted by Crippen LogP contribution is 2.20. The van der Waals surface area contributed by atoms with Crippen LogP contribution in [0, 0.1) is 6.92 Å². The van der Waals surface area contributed by atoms with Crippen LogP contribution in [0.25, 0.3) is 16.7 Å². The summed E-state index contributed by atoms with van der Waals surface area (Å²) < 4.78 is 4.35. The number of aryl methyl sites for hydroxylation is 1. The molecule has 4 aromatic rings. The zero-order valence-electron chi connectivity index (χ0n) is 11.2. The molecule has 0 aliphatic carbocycles. The zero-order chi connectivity index (χ0) is 13.5. The highest BCUT2D eigenvalue weighted by molar-refractivity contribution is 5.79. The van der Waals surface area contributed by atoms with E-state index in [0.29, 0.717) is 0 Å². The van der Waals surface area contributed by atoms with Gasteiger partial charge in [-0.25, -0.2) is 0 Å². The maximum absolute atomic E-state index is 4.17. The molecule has 0 atom stereocenters. The molecule has 4 nitrogen and oxygen atoms in total. The van der Waals surface area contributed by atoms with Gasteiger partial charge in [0.05, 0.1) is 11.0 Å². The fraction of sp³-hybridized carbons (Fsp3) is 0.125. The van der Waals surface area contributed by atoms with Crippen LogP contribution in [0.1, 0.15) is 11.4 Å². The SMILES string of the molecule is Cc1nnc2ccc3c(ccn3Cc3ccccc3)n12. The molecule has 0 fully saturated rings. The molecule has 0 N–H and O–H groups in total. The molecule has 4 heteroatoms. The average molecular weight is 262 g/mol. The summed E-state index contributed by atoms with van der Waals surface area (Å²) in [5.41, 5.74) is 4.54. The van der Waals surface area contributed by atoms with Gasteiger partial charge in [-0.1, -0.05) is 30.3 Å². The fourth-order valence-corrected chi connectivity index (χ4v) is 2.70. The molecule has 20 heavy (non-hydrogen) atoms. The largest absolute Gasteiger partial charge is 0.342 e. The van der Waals surface area contributed by atoms with Crippen molar-refractivity contribution in [3.8, 4) is 0 Å². The van der Waals surface area contributed by atoms with E-state index in [1.54, 1.807) is 0 Å². The minimum absolute atomic E-state index is 0.872. The second-order valence-electron chi connectivity index (χ2n) is 4.97. The first-order valence-electron chi connectivity index (χ1n) is 6.66. The molecule has 0 radical (unpaired) electrons. The Kier molecular flexibility index (Phi) is 2.36. The van der Waals surface area contributed by atoms with Crippen molar-refractivity contribution in [2.45, 2.75) is 13.5 Å². The Balaban J connectivity index is 1.89. The van der Waals surface area contributed by atoms with Gasteiger partial charge >= 0.3 is 0 Å². The molecule has 0 bridgehead atoms. The summed E-state index contributed by atoms with van der Waals surface area (Å²) in [6, 6.07) is 16.7. The van der Waals surface area contributed by atoms with E-state index < -0.39 is 0 Å². The second-order valence-corrected chi connectivity index (χ2v) is 4.97. The van der Waals surface area contributed by atoms with Crippen LogP contribution in [-0.2, 0) is 6.54 Å². The molecular weight excluding hydrogens is 248 g/mol. The molecule has 0 aliphatic rings. The summed E-state index contributed by atoms with van der Waals surface area (Å²) in [7, 11) is 0. The summed E-state index contributed by atoms with van der Waals surface area (Å²) in [4.78, 5) is 0. The van der Waals surface area contributed by atoms with E-state index in [-0.39, 0.29) is 0 Å². The minimum atomic E-state index is 0.872. The average Bonchev–Trinajstić information content (AvgIpc) is 3.04. The lowest BCUT2D eigenvalue weighted by Crippen LogP contribution is -1.98. The van der Waals surface area contributed by atoms with Gasteiger partial charge in [-0.3, -0.25) is 4.40 Å². The molecule has 98 valence electrons. The fourth-order valence-electron chi connectivity index (χ4n) is 2.70. The Morgan fingerprint density at radius 3 is 2.60 bits per heavy atom. The van der Waals surface area contributed by atoms with E-state index >= 15 is 0 Å². The van der Waals surface area contributed by atoms with Gasteiger partial charge in [0.1, 0.15) is 5.82 Å². The predicted octanol–water partition coefficient (Wildman–Crippen LogP) is 3.04. The number of rotatable bonds is 2. The van der Waals surface area contributed by atoms with Crippen molar-refractivity contribution in [3.63, 3.8) is 0 Å². The van der Waals surface area contributed by atoms with Crippen molar-refractivity contribution in [1.82, 2.24) is 19.2 Å². The summed E-state index contributed by atoms with van der Waals surface area (Å²) in [6.45, 7) is 2.85. The van der Waals surface area contributed by atoms with Crippen molar-refractivity contribution in [2.75, 3.05) is 0 Å². The van der Waals surface area contributed by atoms with Crippen LogP contribution in [0.2, 0.25) is 0 Å². The van der Waals surface area contributed by atoms with E-state index in [2.05, 4.69) is 61.8 Å². The number of pyridine rings is 1. The molecule has 0 amide bonds. The van der Waals surface area contributed by atoms with Crippen LogP contribution in [0.15, 0.2) is 54.7 Å². The van der Waals surface area contributed by atoms with Crippen LogP contribution in [0.5, 0.6) is 0 Å². The second kappa shape index (κ2) is 4.20. The van der Waals surface area contributed by atoms with Crippen molar-refractivity contribution in [2.24, 2.45) is 0 Å². The quantitative estimate of drug-likeness (QED) is 0.556. The van der Waals surface area contributed by atoms with E-state index in [1.807, 2.05) is 19.1 Å². The smallest absolute Gasteiger partial charge is 0.161 e. The third kappa shape index (κ3) is 1.61. The molecule has 0 saturated carbocycles. The molecule has 0 saturated heterocycles. The minimum Gasteiger partial charge on any atom is -0.342 e. The molecular formula is C16H14N4. The maximum atomic E-state index is 4.17. The maximum Gasteiger partial charge on any atom is 0.161 e. The van der Waals surface area contributed by atoms with Crippen molar-refractivity contribution in [1.29, 1.82) is 0 Å². The Hall–Kier alpha value is -2.62. The number of hydrogen-bond donors (Lipinski definition) is 0. The van der Waals surface area contributed by atoms with Crippen LogP contribution in [0.4, 0.5) is 0 Å². The van der Waals surface area contributed by atoms with E-state index in [1.165, 1.54) is 11.1 Å². The number of hydrogen-bond acceptors (Lipinski definition) is 2. The molecule has 0 unspecified atom stereocenters. The van der Waals surface area contributed by atoms with Crippen LogP contribution in [0.3, 0.4) is 0 Å². The van der Waals surface area contributed by atoms with Gasteiger partial charge in [-0.15, -0.1) is 10.2 Å². The lowest BCUT2D eigenvalue weighted by molar-refractivity contribution is 0.836. The lowest BCUT2D eigenvalue weighted by atomic mass is 10.2. The van der Waals surface area contributed by atoms with Gasteiger partial charge in [0, 0.05) is 12.7 Å². The molecule has 4 rings (SSSR count). The molecule has 3 aromatic heterocycles.